The Morgan fingerprint density at radius 3 is 2.76 bits per heavy atom. The number of aromatic amines is 1. The molecule has 0 bridgehead atoms. The predicted octanol–water partition coefficient (Wildman–Crippen LogP) is 2.41. The lowest BCUT2D eigenvalue weighted by Crippen LogP contribution is -2.40. The number of aryl methyl sites for hydroxylation is 1. The summed E-state index contributed by atoms with van der Waals surface area (Å²) in [6, 6.07) is 3.65. The molecule has 0 unspecified atom stereocenters. The number of nitrogens with one attached hydrogen (secondary N) is 1. The topological polar surface area (TPSA) is 86.4 Å². The van der Waals surface area contributed by atoms with Crippen LogP contribution < -0.4 is 5.56 Å². The van der Waals surface area contributed by atoms with Gasteiger partial charge < -0.3 is 14.8 Å². The van der Waals surface area contributed by atoms with Crippen LogP contribution in [-0.4, -0.2) is 44.7 Å². The number of aromatic nitrogens is 2. The zero-order chi connectivity index (χ0) is 20.1. The van der Waals surface area contributed by atoms with Gasteiger partial charge in [-0.2, -0.15) is 0 Å². The van der Waals surface area contributed by atoms with Gasteiger partial charge in [0, 0.05) is 30.3 Å². The van der Waals surface area contributed by atoms with Gasteiger partial charge in [0.05, 0.1) is 28.7 Å². The van der Waals surface area contributed by atoms with Gasteiger partial charge in [-0.1, -0.05) is 0 Å². The van der Waals surface area contributed by atoms with E-state index in [-0.39, 0.29) is 35.9 Å². The van der Waals surface area contributed by atoms with Crippen molar-refractivity contribution in [3.05, 3.63) is 49.3 Å². The number of H-pyrrole nitrogens is 1. The Hall–Kier alpha value is -2.48. The van der Waals surface area contributed by atoms with Crippen LogP contribution in [0.1, 0.15) is 63.4 Å². The van der Waals surface area contributed by atoms with Gasteiger partial charge in [-0.15, -0.1) is 11.3 Å². The van der Waals surface area contributed by atoms with E-state index in [0.717, 1.165) is 42.8 Å². The molecule has 152 valence electrons. The summed E-state index contributed by atoms with van der Waals surface area (Å²) in [6.45, 7) is 3.55. The molecule has 2 aromatic heterocycles. The summed E-state index contributed by atoms with van der Waals surface area (Å²) in [5.74, 6) is 0.944. The van der Waals surface area contributed by atoms with Crippen LogP contribution in [-0.2, 0) is 17.8 Å². The third-order valence-corrected chi connectivity index (χ3v) is 7.09. The second kappa shape index (κ2) is 7.09. The first-order valence-corrected chi connectivity index (χ1v) is 11.1. The van der Waals surface area contributed by atoms with Gasteiger partial charge in [-0.25, -0.2) is 4.98 Å². The first kappa shape index (κ1) is 18.5. The van der Waals surface area contributed by atoms with E-state index in [1.165, 1.54) is 11.3 Å². The number of carbonyl (C=O) groups excluding carboxylic acids is 2. The molecule has 7 nitrogen and oxygen atoms in total. The lowest BCUT2D eigenvalue weighted by Gasteiger charge is -2.29. The number of carbonyl (C=O) groups is 2. The van der Waals surface area contributed by atoms with E-state index in [1.54, 1.807) is 4.90 Å². The molecule has 1 N–H and O–H groups in total. The van der Waals surface area contributed by atoms with Crippen molar-refractivity contribution in [1.29, 1.82) is 0 Å². The largest absolute Gasteiger partial charge is 0.333 e. The molecule has 3 aliphatic rings. The Labute approximate surface area is 172 Å². The standard InChI is InChI=1S/C21H24N4O3S/c1-12-4-7-17(29-12)21(28)24-10-8-15-14(11-24)19(26)23-18(22-15)16-3-2-9-25(16)20(27)13-5-6-13/h4,7,13,16H,2-3,5-6,8-11H2,1H3,(H,22,23,26)/t16-/m0/s1. The number of likely N-dealkylation sites (tertiary alicyclic amines) is 1. The quantitative estimate of drug-likeness (QED) is 0.839. The van der Waals surface area contributed by atoms with Gasteiger partial charge >= 0.3 is 0 Å². The van der Waals surface area contributed by atoms with Gasteiger partial charge in [0.15, 0.2) is 0 Å². The van der Waals surface area contributed by atoms with E-state index in [2.05, 4.69) is 4.98 Å². The fourth-order valence-electron chi connectivity index (χ4n) is 4.36. The Morgan fingerprint density at radius 1 is 1.21 bits per heavy atom. The first-order valence-electron chi connectivity index (χ1n) is 10.3. The molecular weight excluding hydrogens is 388 g/mol. The minimum Gasteiger partial charge on any atom is -0.333 e. The molecule has 0 spiro atoms. The summed E-state index contributed by atoms with van der Waals surface area (Å²) < 4.78 is 0. The third kappa shape index (κ3) is 3.39. The Morgan fingerprint density at radius 2 is 2.03 bits per heavy atom. The predicted molar refractivity (Wildman–Crippen MR) is 109 cm³/mol. The van der Waals surface area contributed by atoms with Crippen molar-refractivity contribution in [2.75, 3.05) is 13.1 Å². The van der Waals surface area contributed by atoms with E-state index >= 15 is 0 Å². The molecule has 29 heavy (non-hydrogen) atoms. The second-order valence-electron chi connectivity index (χ2n) is 8.23. The van der Waals surface area contributed by atoms with Crippen LogP contribution in [0.15, 0.2) is 16.9 Å². The summed E-state index contributed by atoms with van der Waals surface area (Å²) >= 11 is 1.47. The Balaban J connectivity index is 1.38. The maximum absolute atomic E-state index is 12.8. The highest BCUT2D eigenvalue weighted by atomic mass is 32.1. The normalized spacial score (nSPS) is 21.3. The molecule has 2 amide bonds. The minimum atomic E-state index is -0.185. The average Bonchev–Trinajstić information content (AvgIpc) is 3.29. The van der Waals surface area contributed by atoms with Crippen molar-refractivity contribution < 1.29 is 9.59 Å². The zero-order valence-electron chi connectivity index (χ0n) is 16.4. The average molecular weight is 413 g/mol. The number of thiophene rings is 1. The van der Waals surface area contributed by atoms with Crippen LogP contribution in [0, 0.1) is 12.8 Å². The van der Waals surface area contributed by atoms with Crippen LogP contribution in [0.25, 0.3) is 0 Å². The smallest absolute Gasteiger partial charge is 0.264 e. The van der Waals surface area contributed by atoms with E-state index in [4.69, 9.17) is 4.98 Å². The minimum absolute atomic E-state index is 0.0331. The molecule has 1 saturated heterocycles. The summed E-state index contributed by atoms with van der Waals surface area (Å²) in [4.78, 5) is 51.3. The molecule has 2 fully saturated rings. The molecule has 8 heteroatoms. The lowest BCUT2D eigenvalue weighted by atomic mass is 10.1. The van der Waals surface area contributed by atoms with Crippen molar-refractivity contribution in [3.8, 4) is 0 Å². The summed E-state index contributed by atoms with van der Waals surface area (Å²) in [5, 5.41) is 0. The zero-order valence-corrected chi connectivity index (χ0v) is 17.3. The van der Waals surface area contributed by atoms with E-state index in [9.17, 15) is 14.4 Å². The molecular formula is C21H24N4O3S. The number of amides is 2. The SMILES string of the molecule is Cc1ccc(C(=O)N2CCc3nc([C@@H]4CCCN4C(=O)C4CC4)[nH]c(=O)c3C2)s1. The monoisotopic (exact) mass is 412 g/mol. The molecule has 5 rings (SSSR count). The summed E-state index contributed by atoms with van der Waals surface area (Å²) in [6.07, 6.45) is 4.29. The highest BCUT2D eigenvalue weighted by Gasteiger charge is 2.40. The molecule has 1 atom stereocenters. The van der Waals surface area contributed by atoms with E-state index < -0.39 is 0 Å². The molecule has 0 aromatic carbocycles. The van der Waals surface area contributed by atoms with Crippen molar-refractivity contribution in [1.82, 2.24) is 19.8 Å². The van der Waals surface area contributed by atoms with E-state index in [0.29, 0.717) is 29.2 Å². The highest BCUT2D eigenvalue weighted by Crippen LogP contribution is 2.37. The maximum atomic E-state index is 12.8. The number of nitrogens with zero attached hydrogens (tertiary/aromatic N) is 3. The van der Waals surface area contributed by atoms with Crippen molar-refractivity contribution in [2.24, 2.45) is 5.92 Å². The Bertz CT molecular complexity index is 1040. The number of hydrogen-bond donors (Lipinski definition) is 1. The van der Waals surface area contributed by atoms with Crippen LogP contribution in [0.3, 0.4) is 0 Å². The fraction of sp³-hybridized carbons (Fsp3) is 0.524. The van der Waals surface area contributed by atoms with Crippen molar-refractivity contribution in [3.63, 3.8) is 0 Å². The van der Waals surface area contributed by atoms with Crippen LogP contribution >= 0.6 is 11.3 Å². The van der Waals surface area contributed by atoms with E-state index in [1.807, 2.05) is 24.0 Å². The van der Waals surface area contributed by atoms with Crippen LogP contribution in [0.2, 0.25) is 0 Å². The molecule has 4 heterocycles. The number of fused-ring (bicyclic) bond motifs is 1. The molecule has 1 saturated carbocycles. The molecule has 0 radical (unpaired) electrons. The lowest BCUT2D eigenvalue weighted by molar-refractivity contribution is -0.133. The van der Waals surface area contributed by atoms with Crippen molar-refractivity contribution >= 4 is 23.2 Å². The third-order valence-electron chi connectivity index (χ3n) is 6.10. The number of rotatable bonds is 3. The highest BCUT2D eigenvalue weighted by molar-refractivity contribution is 7.13. The van der Waals surface area contributed by atoms with Gasteiger partial charge in [-0.05, 0) is 44.7 Å². The fourth-order valence-corrected chi connectivity index (χ4v) is 5.20. The molecule has 2 aromatic rings. The molecule has 2 aliphatic heterocycles. The second-order valence-corrected chi connectivity index (χ2v) is 9.52. The van der Waals surface area contributed by atoms with Gasteiger partial charge in [-0.3, -0.25) is 14.4 Å². The summed E-state index contributed by atoms with van der Waals surface area (Å²) in [5.41, 5.74) is 1.15. The number of hydrogen-bond acceptors (Lipinski definition) is 5. The Kier molecular flexibility index (Phi) is 4.53. The van der Waals surface area contributed by atoms with Gasteiger partial charge in [0.25, 0.3) is 11.5 Å². The van der Waals surface area contributed by atoms with Crippen LogP contribution in [0.4, 0.5) is 0 Å². The summed E-state index contributed by atoms with van der Waals surface area (Å²) in [7, 11) is 0. The first-order chi connectivity index (χ1) is 14.0. The van der Waals surface area contributed by atoms with Crippen molar-refractivity contribution in [2.45, 2.75) is 51.6 Å². The van der Waals surface area contributed by atoms with Gasteiger partial charge in [0.2, 0.25) is 5.91 Å². The van der Waals surface area contributed by atoms with Crippen LogP contribution in [0.5, 0.6) is 0 Å². The maximum Gasteiger partial charge on any atom is 0.264 e. The molecule has 1 aliphatic carbocycles. The van der Waals surface area contributed by atoms with Gasteiger partial charge in [0.1, 0.15) is 5.82 Å².